The molecule has 0 heterocycles. The molecular formula is C9H7F6NO. The van der Waals surface area contributed by atoms with Crippen molar-refractivity contribution < 1.29 is 31.4 Å². The van der Waals surface area contributed by atoms with E-state index in [1.165, 1.54) is 0 Å². The van der Waals surface area contributed by atoms with E-state index in [2.05, 4.69) is 0 Å². The molecule has 0 fully saturated rings. The van der Waals surface area contributed by atoms with E-state index in [1.807, 2.05) is 0 Å². The van der Waals surface area contributed by atoms with Crippen LogP contribution in [0.3, 0.4) is 0 Å². The summed E-state index contributed by atoms with van der Waals surface area (Å²) >= 11 is 0. The highest BCUT2D eigenvalue weighted by molar-refractivity contribution is 5.44. The summed E-state index contributed by atoms with van der Waals surface area (Å²) in [5, 5.41) is 9.01. The van der Waals surface area contributed by atoms with Gasteiger partial charge in [0.25, 0.3) is 0 Å². The molecule has 0 unspecified atom stereocenters. The molecular weight excluding hydrogens is 252 g/mol. The Bertz CT molecular complexity index is 423. The Hall–Kier alpha value is -1.44. The minimum atomic E-state index is -5.06. The fourth-order valence-electron chi connectivity index (χ4n) is 1.29. The number of hydrogen-bond donors (Lipinski definition) is 2. The first-order valence-corrected chi connectivity index (χ1v) is 4.27. The van der Waals surface area contributed by atoms with Crippen LogP contribution in [0.2, 0.25) is 0 Å². The normalized spacial score (nSPS) is 12.9. The minimum absolute atomic E-state index is 0.141. The molecule has 0 aliphatic heterocycles. The number of aromatic hydroxyl groups is 1. The van der Waals surface area contributed by atoms with Crippen LogP contribution in [-0.4, -0.2) is 5.11 Å². The van der Waals surface area contributed by atoms with Gasteiger partial charge in [-0.2, -0.15) is 26.3 Å². The molecule has 0 atom stereocenters. The fraction of sp³-hybridized carbons (Fsp3) is 0.333. The summed E-state index contributed by atoms with van der Waals surface area (Å²) in [6.45, 7) is -0.624. The topological polar surface area (TPSA) is 46.2 Å². The van der Waals surface area contributed by atoms with Gasteiger partial charge in [0.1, 0.15) is 5.75 Å². The first-order valence-electron chi connectivity index (χ1n) is 4.27. The summed E-state index contributed by atoms with van der Waals surface area (Å²) in [6, 6.07) is 0.239. The second kappa shape index (κ2) is 4.10. The molecule has 1 aromatic rings. The zero-order valence-electron chi connectivity index (χ0n) is 8.15. The second-order valence-corrected chi connectivity index (χ2v) is 3.23. The lowest BCUT2D eigenvalue weighted by Crippen LogP contribution is -2.15. The predicted molar refractivity (Wildman–Crippen MR) is 46.0 cm³/mol. The van der Waals surface area contributed by atoms with E-state index in [0.29, 0.717) is 6.07 Å². The van der Waals surface area contributed by atoms with Gasteiger partial charge >= 0.3 is 12.4 Å². The molecule has 0 spiro atoms. The lowest BCUT2D eigenvalue weighted by Gasteiger charge is -2.16. The Balaban J connectivity index is 3.49. The van der Waals surface area contributed by atoms with Crippen LogP contribution < -0.4 is 5.73 Å². The van der Waals surface area contributed by atoms with Gasteiger partial charge in [-0.05, 0) is 17.7 Å². The number of hydrogen-bond acceptors (Lipinski definition) is 2. The molecule has 0 bridgehead atoms. The Morgan fingerprint density at radius 3 is 1.76 bits per heavy atom. The molecule has 0 amide bonds. The van der Waals surface area contributed by atoms with Gasteiger partial charge in [0, 0.05) is 6.54 Å². The highest BCUT2D eigenvalue weighted by Crippen LogP contribution is 2.41. The first kappa shape index (κ1) is 13.6. The van der Waals surface area contributed by atoms with Gasteiger partial charge in [0.2, 0.25) is 0 Å². The lowest BCUT2D eigenvalue weighted by atomic mass is 10.0. The molecule has 0 aliphatic rings. The van der Waals surface area contributed by atoms with E-state index in [-0.39, 0.29) is 6.07 Å². The zero-order valence-corrected chi connectivity index (χ0v) is 8.15. The number of phenols is 1. The molecule has 96 valence electrons. The molecule has 3 N–H and O–H groups in total. The van der Waals surface area contributed by atoms with Gasteiger partial charge in [0.05, 0.1) is 11.1 Å². The monoisotopic (exact) mass is 259 g/mol. The van der Waals surface area contributed by atoms with Crippen molar-refractivity contribution in [2.75, 3.05) is 0 Å². The van der Waals surface area contributed by atoms with Crippen LogP contribution in [0.15, 0.2) is 12.1 Å². The van der Waals surface area contributed by atoms with Crippen LogP contribution in [0, 0.1) is 0 Å². The molecule has 0 saturated heterocycles. The SMILES string of the molecule is NCc1cc(O)c(C(F)(F)F)cc1C(F)(F)F. The summed E-state index contributed by atoms with van der Waals surface area (Å²) < 4.78 is 74.2. The Morgan fingerprint density at radius 1 is 0.941 bits per heavy atom. The van der Waals surface area contributed by atoms with Gasteiger partial charge in [-0.25, -0.2) is 0 Å². The summed E-state index contributed by atoms with van der Waals surface area (Å²) in [5.41, 5.74) is 1.16. The van der Waals surface area contributed by atoms with Gasteiger partial charge in [-0.3, -0.25) is 0 Å². The van der Waals surface area contributed by atoms with Crippen LogP contribution in [-0.2, 0) is 18.9 Å². The maximum absolute atomic E-state index is 12.4. The summed E-state index contributed by atoms with van der Waals surface area (Å²) in [4.78, 5) is 0. The van der Waals surface area contributed by atoms with E-state index < -0.39 is 41.3 Å². The van der Waals surface area contributed by atoms with Crippen molar-refractivity contribution in [3.63, 3.8) is 0 Å². The first-order chi connectivity index (χ1) is 7.57. The van der Waals surface area contributed by atoms with Gasteiger partial charge in [-0.15, -0.1) is 0 Å². The molecule has 0 saturated carbocycles. The zero-order chi connectivity index (χ0) is 13.4. The molecule has 1 aromatic carbocycles. The molecule has 0 aromatic heterocycles. The third kappa shape index (κ3) is 2.82. The number of rotatable bonds is 1. The molecule has 1 rings (SSSR count). The highest BCUT2D eigenvalue weighted by Gasteiger charge is 2.40. The average Bonchev–Trinajstić information content (AvgIpc) is 2.13. The molecule has 17 heavy (non-hydrogen) atoms. The third-order valence-electron chi connectivity index (χ3n) is 2.05. The second-order valence-electron chi connectivity index (χ2n) is 3.23. The fourth-order valence-corrected chi connectivity index (χ4v) is 1.29. The Kier molecular flexibility index (Phi) is 3.28. The van der Waals surface area contributed by atoms with Crippen molar-refractivity contribution in [1.29, 1.82) is 0 Å². The third-order valence-corrected chi connectivity index (χ3v) is 2.05. The minimum Gasteiger partial charge on any atom is -0.507 e. The summed E-state index contributed by atoms with van der Waals surface area (Å²) in [6.07, 6.45) is -10.0. The average molecular weight is 259 g/mol. The van der Waals surface area contributed by atoms with Crippen molar-refractivity contribution in [3.05, 3.63) is 28.8 Å². The number of benzene rings is 1. The molecule has 0 radical (unpaired) electrons. The maximum Gasteiger partial charge on any atom is 0.419 e. The maximum atomic E-state index is 12.4. The lowest BCUT2D eigenvalue weighted by molar-refractivity contribution is -0.144. The molecule has 2 nitrogen and oxygen atoms in total. The summed E-state index contributed by atoms with van der Waals surface area (Å²) in [5.74, 6) is -1.27. The number of phenolic OH excluding ortho intramolecular Hbond substituents is 1. The molecule has 0 aliphatic carbocycles. The van der Waals surface area contributed by atoms with Crippen LogP contribution >= 0.6 is 0 Å². The Labute approximate surface area is 91.7 Å². The van der Waals surface area contributed by atoms with E-state index in [1.54, 1.807) is 0 Å². The standard InChI is InChI=1S/C9H7F6NO/c10-8(11,12)5-2-6(9(13,14)15)7(17)1-4(5)3-16/h1-2,17H,3,16H2. The van der Waals surface area contributed by atoms with Crippen LogP contribution in [0.25, 0.3) is 0 Å². The summed E-state index contributed by atoms with van der Waals surface area (Å²) in [7, 11) is 0. The largest absolute Gasteiger partial charge is 0.507 e. The van der Waals surface area contributed by atoms with Gasteiger partial charge < -0.3 is 10.8 Å². The smallest absolute Gasteiger partial charge is 0.419 e. The van der Waals surface area contributed by atoms with Gasteiger partial charge in [-0.1, -0.05) is 0 Å². The van der Waals surface area contributed by atoms with E-state index >= 15 is 0 Å². The quantitative estimate of drug-likeness (QED) is 0.762. The Morgan fingerprint density at radius 2 is 1.41 bits per heavy atom. The number of nitrogens with two attached hydrogens (primary N) is 1. The van der Waals surface area contributed by atoms with E-state index in [4.69, 9.17) is 10.8 Å². The van der Waals surface area contributed by atoms with Crippen molar-refractivity contribution in [2.24, 2.45) is 5.73 Å². The van der Waals surface area contributed by atoms with Crippen molar-refractivity contribution in [1.82, 2.24) is 0 Å². The van der Waals surface area contributed by atoms with E-state index in [0.717, 1.165) is 0 Å². The van der Waals surface area contributed by atoms with E-state index in [9.17, 15) is 26.3 Å². The van der Waals surface area contributed by atoms with Gasteiger partial charge in [0.15, 0.2) is 0 Å². The number of alkyl halides is 6. The highest BCUT2D eigenvalue weighted by atomic mass is 19.4. The van der Waals surface area contributed by atoms with Crippen LogP contribution in [0.4, 0.5) is 26.3 Å². The van der Waals surface area contributed by atoms with Crippen molar-refractivity contribution in [3.8, 4) is 5.75 Å². The van der Waals surface area contributed by atoms with Crippen LogP contribution in [0.1, 0.15) is 16.7 Å². The molecule has 8 heteroatoms. The van der Waals surface area contributed by atoms with Crippen molar-refractivity contribution in [2.45, 2.75) is 18.9 Å². The predicted octanol–water partition coefficient (Wildman–Crippen LogP) is 2.89. The van der Waals surface area contributed by atoms with Crippen LogP contribution in [0.5, 0.6) is 5.75 Å². The number of halogens is 6. The van der Waals surface area contributed by atoms with Crippen molar-refractivity contribution >= 4 is 0 Å².